The van der Waals surface area contributed by atoms with Crippen LogP contribution in [0.1, 0.15) is 20.3 Å². The van der Waals surface area contributed by atoms with Gasteiger partial charge in [0.25, 0.3) is 0 Å². The third-order valence-electron chi connectivity index (χ3n) is 3.73. The molecule has 1 aliphatic heterocycles. The first-order chi connectivity index (χ1) is 8.20. The monoisotopic (exact) mass is 278 g/mol. The molecule has 18 heavy (non-hydrogen) atoms. The van der Waals surface area contributed by atoms with Crippen molar-refractivity contribution in [3.05, 3.63) is 0 Å². The van der Waals surface area contributed by atoms with Gasteiger partial charge in [0.2, 0.25) is 0 Å². The predicted octanol–water partition coefficient (Wildman–Crippen LogP) is -0.442. The minimum atomic E-state index is -2.89. The number of nitrogens with zero attached hydrogens (tertiary/aromatic N) is 1. The predicted molar refractivity (Wildman–Crippen MR) is 69.4 cm³/mol. The fraction of sp³-hybridized carbons (Fsp3) is 0.909. The number of hydrogen-bond donors (Lipinski definition) is 2. The highest BCUT2D eigenvalue weighted by atomic mass is 32.2. The van der Waals surface area contributed by atoms with Crippen LogP contribution in [0.4, 0.5) is 0 Å². The van der Waals surface area contributed by atoms with Gasteiger partial charge >= 0.3 is 5.97 Å². The average molecular weight is 278 g/mol. The van der Waals surface area contributed by atoms with E-state index in [9.17, 15) is 18.3 Å². The fourth-order valence-corrected chi connectivity index (χ4v) is 3.41. The number of likely N-dealkylation sites (N-methyl/N-ethyl adjacent to an activating group) is 1. The molecule has 0 aromatic rings. The molecule has 0 amide bonds. The molecule has 2 unspecified atom stereocenters. The van der Waals surface area contributed by atoms with Crippen LogP contribution in [0.25, 0.3) is 0 Å². The van der Waals surface area contributed by atoms with Gasteiger partial charge in [0.1, 0.15) is 5.54 Å². The van der Waals surface area contributed by atoms with E-state index in [4.69, 9.17) is 0 Å². The maximum Gasteiger partial charge on any atom is 0.323 e. The first-order valence-corrected chi connectivity index (χ1v) is 7.89. The highest BCUT2D eigenvalue weighted by molar-refractivity contribution is 7.91. The van der Waals surface area contributed by atoms with Crippen LogP contribution in [0.15, 0.2) is 0 Å². The van der Waals surface area contributed by atoms with Crippen LogP contribution in [0, 0.1) is 0 Å². The topological polar surface area (TPSA) is 86.7 Å². The van der Waals surface area contributed by atoms with Crippen LogP contribution in [0.2, 0.25) is 0 Å². The Morgan fingerprint density at radius 2 is 1.94 bits per heavy atom. The summed E-state index contributed by atoms with van der Waals surface area (Å²) in [5.74, 6) is -0.553. The molecule has 0 bridgehead atoms. The van der Waals surface area contributed by atoms with Crippen LogP contribution in [-0.4, -0.2) is 67.6 Å². The molecule has 1 fully saturated rings. The fourth-order valence-electron chi connectivity index (χ4n) is 2.18. The molecule has 6 nitrogen and oxygen atoms in total. The highest BCUT2D eigenvalue weighted by Gasteiger charge is 2.35. The number of carbonyl (C=O) groups is 1. The Bertz CT molecular complexity index is 395. The zero-order valence-electron chi connectivity index (χ0n) is 11.1. The molecule has 2 atom stereocenters. The molecule has 0 spiro atoms. The van der Waals surface area contributed by atoms with Crippen molar-refractivity contribution in [2.45, 2.75) is 31.8 Å². The molecule has 1 heterocycles. The molecule has 106 valence electrons. The first-order valence-electron chi connectivity index (χ1n) is 6.07. The minimum absolute atomic E-state index is 0.0362. The SMILES string of the molecule is CNC(C)(CC(C)N1CCS(=O)(=O)CC1)C(=O)O. The van der Waals surface area contributed by atoms with Crippen molar-refractivity contribution >= 4 is 15.8 Å². The number of rotatable bonds is 5. The molecular formula is C11H22N2O4S. The van der Waals surface area contributed by atoms with Crippen LogP contribution < -0.4 is 5.32 Å². The molecule has 0 radical (unpaired) electrons. The second-order valence-corrected chi connectivity index (χ2v) is 7.43. The van der Waals surface area contributed by atoms with E-state index in [1.807, 2.05) is 11.8 Å². The van der Waals surface area contributed by atoms with Gasteiger partial charge in [-0.25, -0.2) is 8.42 Å². The number of nitrogens with one attached hydrogen (secondary N) is 1. The van der Waals surface area contributed by atoms with Gasteiger partial charge in [-0.05, 0) is 27.3 Å². The highest BCUT2D eigenvalue weighted by Crippen LogP contribution is 2.18. The summed E-state index contributed by atoms with van der Waals surface area (Å²) in [7, 11) is -1.26. The molecule has 1 aliphatic rings. The van der Waals surface area contributed by atoms with Crippen molar-refractivity contribution in [3.63, 3.8) is 0 Å². The molecule has 0 saturated carbocycles. The summed E-state index contributed by atoms with van der Waals surface area (Å²) in [6.07, 6.45) is 0.443. The second-order valence-electron chi connectivity index (χ2n) is 5.13. The molecule has 0 aromatic carbocycles. The first kappa shape index (κ1) is 15.4. The zero-order valence-corrected chi connectivity index (χ0v) is 12.0. The lowest BCUT2D eigenvalue weighted by Gasteiger charge is -2.36. The van der Waals surface area contributed by atoms with Crippen LogP contribution in [0.5, 0.6) is 0 Å². The maximum absolute atomic E-state index is 11.3. The van der Waals surface area contributed by atoms with Crippen molar-refractivity contribution in [2.75, 3.05) is 31.6 Å². The quantitative estimate of drug-likeness (QED) is 0.709. The summed E-state index contributed by atoms with van der Waals surface area (Å²) in [6.45, 7) is 4.56. The van der Waals surface area contributed by atoms with E-state index in [1.165, 1.54) is 0 Å². The lowest BCUT2D eigenvalue weighted by atomic mass is 9.93. The van der Waals surface area contributed by atoms with Crippen LogP contribution in [-0.2, 0) is 14.6 Å². The van der Waals surface area contributed by atoms with Crippen molar-refractivity contribution in [1.29, 1.82) is 0 Å². The van der Waals surface area contributed by atoms with Crippen molar-refractivity contribution in [1.82, 2.24) is 10.2 Å². The smallest absolute Gasteiger partial charge is 0.323 e. The van der Waals surface area contributed by atoms with Gasteiger partial charge in [-0.2, -0.15) is 0 Å². The maximum atomic E-state index is 11.3. The average Bonchev–Trinajstić information content (AvgIpc) is 2.28. The number of carboxylic acids is 1. The lowest BCUT2D eigenvalue weighted by Crippen LogP contribution is -2.54. The molecule has 0 aliphatic carbocycles. The van der Waals surface area contributed by atoms with E-state index in [-0.39, 0.29) is 17.5 Å². The Morgan fingerprint density at radius 3 is 2.33 bits per heavy atom. The van der Waals surface area contributed by atoms with Gasteiger partial charge in [0.15, 0.2) is 9.84 Å². The third kappa shape index (κ3) is 3.66. The summed E-state index contributed by atoms with van der Waals surface area (Å²) in [4.78, 5) is 13.2. The normalized spacial score (nSPS) is 25.3. The van der Waals surface area contributed by atoms with Gasteiger partial charge < -0.3 is 10.4 Å². The van der Waals surface area contributed by atoms with Gasteiger partial charge in [0, 0.05) is 19.1 Å². The van der Waals surface area contributed by atoms with Crippen molar-refractivity contribution in [3.8, 4) is 0 Å². The molecular weight excluding hydrogens is 256 g/mol. The number of hydrogen-bond acceptors (Lipinski definition) is 5. The lowest BCUT2D eigenvalue weighted by molar-refractivity contribution is -0.144. The van der Waals surface area contributed by atoms with E-state index in [0.717, 1.165) is 0 Å². The van der Waals surface area contributed by atoms with Crippen LogP contribution in [0.3, 0.4) is 0 Å². The standard InChI is InChI=1S/C11H22N2O4S/c1-9(8-11(2,12-3)10(14)15)13-4-6-18(16,17)7-5-13/h9,12H,4-8H2,1-3H3,(H,14,15). The third-order valence-corrected chi connectivity index (χ3v) is 5.34. The summed E-state index contributed by atoms with van der Waals surface area (Å²) in [5.41, 5.74) is -0.976. The Balaban J connectivity index is 2.61. The van der Waals surface area contributed by atoms with E-state index in [2.05, 4.69) is 5.32 Å². The molecule has 2 N–H and O–H groups in total. The Kier molecular flexibility index (Phi) is 4.74. The van der Waals surface area contributed by atoms with Gasteiger partial charge in [-0.3, -0.25) is 9.69 Å². The largest absolute Gasteiger partial charge is 0.480 e. The second kappa shape index (κ2) is 5.54. The number of aliphatic carboxylic acids is 1. The van der Waals surface area contributed by atoms with Crippen molar-refractivity contribution in [2.24, 2.45) is 0 Å². The Labute approximate surface area is 108 Å². The minimum Gasteiger partial charge on any atom is -0.480 e. The Hall–Kier alpha value is -0.660. The van der Waals surface area contributed by atoms with Gasteiger partial charge in [0.05, 0.1) is 11.5 Å². The zero-order chi connectivity index (χ0) is 14.0. The Morgan fingerprint density at radius 1 is 1.44 bits per heavy atom. The van der Waals surface area contributed by atoms with Gasteiger partial charge in [-0.15, -0.1) is 0 Å². The molecule has 0 aromatic heterocycles. The van der Waals surface area contributed by atoms with E-state index in [0.29, 0.717) is 19.5 Å². The number of sulfone groups is 1. The van der Waals surface area contributed by atoms with E-state index < -0.39 is 21.3 Å². The van der Waals surface area contributed by atoms with Crippen molar-refractivity contribution < 1.29 is 18.3 Å². The molecule has 7 heteroatoms. The number of carboxylic acid groups (broad SMARTS) is 1. The summed E-state index contributed by atoms with van der Waals surface area (Å²) >= 11 is 0. The molecule has 1 saturated heterocycles. The summed E-state index contributed by atoms with van der Waals surface area (Å²) in [6, 6.07) is 0.0362. The summed E-state index contributed by atoms with van der Waals surface area (Å²) < 4.78 is 22.7. The van der Waals surface area contributed by atoms with E-state index >= 15 is 0 Å². The van der Waals surface area contributed by atoms with Gasteiger partial charge in [-0.1, -0.05) is 0 Å². The summed E-state index contributed by atoms with van der Waals surface area (Å²) in [5, 5.41) is 12.0. The van der Waals surface area contributed by atoms with Crippen LogP contribution >= 0.6 is 0 Å². The molecule has 1 rings (SSSR count). The van der Waals surface area contributed by atoms with E-state index in [1.54, 1.807) is 14.0 Å².